The third-order valence-electron chi connectivity index (χ3n) is 4.73. The maximum atomic E-state index is 12.9. The summed E-state index contributed by atoms with van der Waals surface area (Å²) in [6.45, 7) is 0.270. The molecule has 0 aliphatic heterocycles. The Labute approximate surface area is 188 Å². The number of nitrogen functional groups attached to an aromatic ring is 1. The van der Waals surface area contributed by atoms with Gasteiger partial charge in [-0.05, 0) is 40.1 Å². The van der Waals surface area contributed by atoms with Crippen LogP contribution in [-0.2, 0) is 6.54 Å². The van der Waals surface area contributed by atoms with E-state index < -0.39 is 5.91 Å². The average Bonchev–Trinajstić information content (AvgIpc) is 3.45. The van der Waals surface area contributed by atoms with E-state index in [0.717, 1.165) is 11.3 Å². The Morgan fingerprint density at radius 3 is 2.79 bits per heavy atom. The highest BCUT2D eigenvalue weighted by molar-refractivity contribution is 5.94. The molecule has 0 fully saturated rings. The number of para-hydroxylation sites is 1. The SMILES string of the molecule is COc1cccc(/C=N/NC(=O)c2nnn(-c3nonc3N)c2CN(C)c2ccccc2)c1. The Kier molecular flexibility index (Phi) is 6.25. The van der Waals surface area contributed by atoms with Crippen molar-refractivity contribution in [2.24, 2.45) is 5.10 Å². The zero-order valence-corrected chi connectivity index (χ0v) is 17.9. The van der Waals surface area contributed by atoms with Gasteiger partial charge in [0, 0.05) is 12.7 Å². The van der Waals surface area contributed by atoms with Crippen LogP contribution in [0.15, 0.2) is 64.3 Å². The van der Waals surface area contributed by atoms with E-state index in [4.69, 9.17) is 10.5 Å². The molecule has 2 aromatic carbocycles. The third-order valence-corrected chi connectivity index (χ3v) is 4.73. The first-order valence-corrected chi connectivity index (χ1v) is 9.83. The summed E-state index contributed by atoms with van der Waals surface area (Å²) in [5.41, 5.74) is 10.5. The lowest BCUT2D eigenvalue weighted by atomic mass is 10.2. The number of benzene rings is 2. The highest BCUT2D eigenvalue weighted by Crippen LogP contribution is 2.20. The maximum Gasteiger partial charge on any atom is 0.293 e. The molecule has 168 valence electrons. The minimum Gasteiger partial charge on any atom is -0.497 e. The monoisotopic (exact) mass is 447 g/mol. The number of carbonyl (C=O) groups is 1. The van der Waals surface area contributed by atoms with Crippen molar-refractivity contribution in [2.75, 3.05) is 24.8 Å². The second-order valence-electron chi connectivity index (χ2n) is 6.94. The van der Waals surface area contributed by atoms with Gasteiger partial charge in [0.15, 0.2) is 5.69 Å². The lowest BCUT2D eigenvalue weighted by molar-refractivity contribution is 0.0949. The van der Waals surface area contributed by atoms with Crippen LogP contribution >= 0.6 is 0 Å². The molecular weight excluding hydrogens is 426 g/mol. The van der Waals surface area contributed by atoms with E-state index in [1.165, 1.54) is 10.9 Å². The van der Waals surface area contributed by atoms with Gasteiger partial charge in [-0.2, -0.15) is 9.78 Å². The number of methoxy groups -OCH3 is 1. The topological polar surface area (TPSA) is 150 Å². The van der Waals surface area contributed by atoms with E-state index in [-0.39, 0.29) is 23.9 Å². The first kappa shape index (κ1) is 21.5. The summed E-state index contributed by atoms with van der Waals surface area (Å²) in [6.07, 6.45) is 1.50. The Balaban J connectivity index is 1.60. The van der Waals surface area contributed by atoms with Gasteiger partial charge in [0.1, 0.15) is 5.75 Å². The maximum absolute atomic E-state index is 12.9. The standard InChI is InChI=1S/C21H21N9O3/c1-29(15-8-4-3-5-9-15)13-17-18(24-28-30(17)20-19(22)26-33-27-20)21(31)25-23-12-14-7-6-10-16(11-14)32-2/h3-12H,13H2,1-2H3,(H2,22,26)(H,25,31)/b23-12+. The Morgan fingerprint density at radius 2 is 2.06 bits per heavy atom. The molecule has 4 rings (SSSR count). The molecule has 0 aliphatic rings. The number of nitrogens with one attached hydrogen (secondary N) is 1. The largest absolute Gasteiger partial charge is 0.497 e. The lowest BCUT2D eigenvalue weighted by Crippen LogP contribution is -2.24. The number of nitrogens with two attached hydrogens (primary N) is 1. The van der Waals surface area contributed by atoms with Gasteiger partial charge in [-0.15, -0.1) is 5.10 Å². The summed E-state index contributed by atoms with van der Waals surface area (Å²) in [5.74, 6) is 0.287. The van der Waals surface area contributed by atoms with Gasteiger partial charge < -0.3 is 15.4 Å². The normalized spacial score (nSPS) is 11.0. The highest BCUT2D eigenvalue weighted by atomic mass is 16.6. The fourth-order valence-corrected chi connectivity index (χ4v) is 3.07. The molecule has 0 bridgehead atoms. The fraction of sp³-hybridized carbons (Fsp3) is 0.143. The third kappa shape index (κ3) is 4.79. The Hall–Kier alpha value is -4.74. The smallest absolute Gasteiger partial charge is 0.293 e. The van der Waals surface area contributed by atoms with Crippen LogP contribution in [0.4, 0.5) is 11.5 Å². The molecule has 0 saturated carbocycles. The fourth-order valence-electron chi connectivity index (χ4n) is 3.07. The summed E-state index contributed by atoms with van der Waals surface area (Å²) in [4.78, 5) is 14.8. The van der Waals surface area contributed by atoms with E-state index in [1.54, 1.807) is 13.2 Å². The lowest BCUT2D eigenvalue weighted by Gasteiger charge is -2.19. The van der Waals surface area contributed by atoms with Crippen LogP contribution < -0.4 is 20.8 Å². The molecule has 12 heteroatoms. The van der Waals surface area contributed by atoms with Crippen LogP contribution in [0.25, 0.3) is 5.82 Å². The number of rotatable bonds is 8. The number of hydrogen-bond donors (Lipinski definition) is 2. The van der Waals surface area contributed by atoms with Gasteiger partial charge in [0.2, 0.25) is 11.6 Å². The number of nitrogens with zero attached hydrogens (tertiary/aromatic N) is 7. The quantitative estimate of drug-likeness (QED) is 0.303. The number of amides is 1. The minimum atomic E-state index is -0.549. The predicted octanol–water partition coefficient (Wildman–Crippen LogP) is 1.64. The van der Waals surface area contributed by atoms with E-state index >= 15 is 0 Å². The van der Waals surface area contributed by atoms with Crippen molar-refractivity contribution in [1.82, 2.24) is 30.7 Å². The first-order chi connectivity index (χ1) is 16.1. The first-order valence-electron chi connectivity index (χ1n) is 9.83. The van der Waals surface area contributed by atoms with E-state index in [2.05, 4.69) is 35.8 Å². The second kappa shape index (κ2) is 9.60. The number of hydrogen-bond acceptors (Lipinski definition) is 10. The number of aromatic nitrogens is 5. The number of hydrazone groups is 1. The number of ether oxygens (including phenoxy) is 1. The highest BCUT2D eigenvalue weighted by Gasteiger charge is 2.25. The van der Waals surface area contributed by atoms with Crippen LogP contribution in [0, 0.1) is 0 Å². The molecule has 33 heavy (non-hydrogen) atoms. The van der Waals surface area contributed by atoms with Crippen molar-refractivity contribution in [1.29, 1.82) is 0 Å². The van der Waals surface area contributed by atoms with Crippen LogP contribution in [0.2, 0.25) is 0 Å². The van der Waals surface area contributed by atoms with Crippen molar-refractivity contribution >= 4 is 23.6 Å². The van der Waals surface area contributed by atoms with Crippen molar-refractivity contribution in [2.45, 2.75) is 6.54 Å². The molecule has 0 saturated heterocycles. The number of anilines is 2. The van der Waals surface area contributed by atoms with Crippen LogP contribution in [0.3, 0.4) is 0 Å². The molecule has 0 unspecified atom stereocenters. The van der Waals surface area contributed by atoms with Crippen molar-refractivity contribution in [3.8, 4) is 11.6 Å². The molecule has 2 heterocycles. The molecule has 3 N–H and O–H groups in total. The minimum absolute atomic E-state index is 0.0199. The van der Waals surface area contributed by atoms with Gasteiger partial charge in [-0.3, -0.25) is 4.79 Å². The van der Waals surface area contributed by atoms with Gasteiger partial charge >= 0.3 is 0 Å². The summed E-state index contributed by atoms with van der Waals surface area (Å²) in [5, 5.41) is 19.4. The molecule has 12 nitrogen and oxygen atoms in total. The Morgan fingerprint density at radius 1 is 1.24 bits per heavy atom. The Bertz CT molecular complexity index is 1270. The summed E-state index contributed by atoms with van der Waals surface area (Å²) < 4.78 is 11.2. The van der Waals surface area contributed by atoms with Crippen molar-refractivity contribution in [3.05, 3.63) is 71.5 Å². The average molecular weight is 447 g/mol. The molecule has 0 aliphatic carbocycles. The second-order valence-corrected chi connectivity index (χ2v) is 6.94. The molecule has 0 spiro atoms. The van der Waals surface area contributed by atoms with Crippen molar-refractivity contribution < 1.29 is 14.2 Å². The molecule has 0 atom stereocenters. The predicted molar refractivity (Wildman–Crippen MR) is 120 cm³/mol. The molecule has 0 radical (unpaired) electrons. The summed E-state index contributed by atoms with van der Waals surface area (Å²) in [7, 11) is 3.45. The van der Waals surface area contributed by atoms with Crippen molar-refractivity contribution in [3.63, 3.8) is 0 Å². The van der Waals surface area contributed by atoms with Crippen LogP contribution in [-0.4, -0.2) is 51.6 Å². The van der Waals surface area contributed by atoms with Crippen LogP contribution in [0.5, 0.6) is 5.75 Å². The number of carbonyl (C=O) groups excluding carboxylic acids is 1. The van der Waals surface area contributed by atoms with Gasteiger partial charge in [0.25, 0.3) is 5.91 Å². The van der Waals surface area contributed by atoms with E-state index in [9.17, 15) is 4.79 Å². The molecule has 2 aromatic heterocycles. The van der Waals surface area contributed by atoms with Crippen LogP contribution in [0.1, 0.15) is 21.7 Å². The van der Waals surface area contributed by atoms with Gasteiger partial charge in [-0.25, -0.2) is 10.1 Å². The van der Waals surface area contributed by atoms with E-state index in [0.29, 0.717) is 11.4 Å². The zero-order valence-electron chi connectivity index (χ0n) is 17.9. The van der Waals surface area contributed by atoms with Gasteiger partial charge in [-0.1, -0.05) is 35.5 Å². The molecular formula is C21H21N9O3. The molecule has 1 amide bonds. The molecule has 4 aromatic rings. The summed E-state index contributed by atoms with van der Waals surface area (Å²) >= 11 is 0. The zero-order chi connectivity index (χ0) is 23.2. The van der Waals surface area contributed by atoms with E-state index in [1.807, 2.05) is 60.5 Å². The van der Waals surface area contributed by atoms with Gasteiger partial charge in [0.05, 0.1) is 25.6 Å². The summed E-state index contributed by atoms with van der Waals surface area (Å²) in [6, 6.07) is 16.9.